The van der Waals surface area contributed by atoms with Gasteiger partial charge in [0, 0.05) is 90.7 Å². The second-order valence-electron chi connectivity index (χ2n) is 23.1. The van der Waals surface area contributed by atoms with Crippen LogP contribution in [0.3, 0.4) is 0 Å². The van der Waals surface area contributed by atoms with Crippen LogP contribution in [0, 0.1) is 28.4 Å². The molecule has 0 saturated carbocycles. The van der Waals surface area contributed by atoms with Crippen molar-refractivity contribution in [1.29, 1.82) is 5.26 Å². The van der Waals surface area contributed by atoms with Gasteiger partial charge in [-0.3, -0.25) is 19.3 Å². The third-order valence-electron chi connectivity index (χ3n) is 16.3. The van der Waals surface area contributed by atoms with Crippen LogP contribution < -0.4 is 31.3 Å². The molecule has 3 amide bonds. The summed E-state index contributed by atoms with van der Waals surface area (Å²) in [6.07, 6.45) is -2.14. The van der Waals surface area contributed by atoms with Gasteiger partial charge in [0.1, 0.15) is 46.9 Å². The number of β-amino-alcohol motifs (C(OH)–C–C–N with tert-alkyl or cyclic N) is 1. The van der Waals surface area contributed by atoms with E-state index in [0.29, 0.717) is 49.0 Å². The lowest BCUT2D eigenvalue weighted by Gasteiger charge is -2.35. The van der Waals surface area contributed by atoms with E-state index in [9.17, 15) is 24.8 Å². The molecule has 0 radical (unpaired) electrons. The van der Waals surface area contributed by atoms with E-state index < -0.39 is 81.8 Å². The van der Waals surface area contributed by atoms with Gasteiger partial charge in [0.05, 0.1) is 34.6 Å². The lowest BCUT2D eigenvalue weighted by Crippen LogP contribution is -2.58. The zero-order valence-electron chi connectivity index (χ0n) is 46.4. The standard InChI is InChI=1S/C60H66ClF5N10O6S/c1-32(33-12-14-34(15-13-33)39-10-5-6-11-44(39)61)69-56(79)46-25-38(77)30-76(46)57(80)53(59(2,3)4)71-47(78)20-24-81-23-8-22-74-21-7-9-37(74)31-82-58-72-51-41(55(73-58)75-28-35-16-17-36(29-75)70-35)26-43(60(64,65)66)49(50(51)63)40-18-19-45(62)52-48(40)42(27-67)54(68)83-52/h5-6,10-15,18-19,26,32,35-38,46,53,70,77H,7-9,16-17,20-25,28-31,68H2,1-4H3,(H,69,79)(H,71,78)/t32-,35?,36?,37-,38+,46-,53+/m0/s1. The number of anilines is 2. The molecule has 6 N–H and O–H groups in total. The second kappa shape index (κ2) is 24.5. The maximum atomic E-state index is 17.4. The van der Waals surface area contributed by atoms with Gasteiger partial charge < -0.3 is 46.1 Å². The van der Waals surface area contributed by atoms with E-state index in [1.54, 1.807) is 0 Å². The summed E-state index contributed by atoms with van der Waals surface area (Å²) in [6, 6.07) is 17.2. The molecule has 4 fully saturated rings. The Morgan fingerprint density at radius 2 is 1.71 bits per heavy atom. The topological polar surface area (TPSA) is 211 Å². The summed E-state index contributed by atoms with van der Waals surface area (Å²) in [5, 5.41) is 30.2. The smallest absolute Gasteiger partial charge is 0.417 e. The summed E-state index contributed by atoms with van der Waals surface area (Å²) in [4.78, 5) is 56.0. The number of hydrogen-bond acceptors (Lipinski definition) is 14. The third kappa shape index (κ3) is 12.7. The number of aromatic nitrogens is 2. The number of carbonyl (C=O) groups excluding carboxylic acids is 3. The number of piperazine rings is 1. The SMILES string of the molecule is C[C@H](NC(=O)[C@@H]1C[C@@H](O)CN1C(=O)[C@@H](NC(=O)CCOCCCN1CCC[C@H]1COc1nc(N2CC3CCC(C2)N3)c2cc(C(F)(F)F)c(-c3ccc(F)c4sc(N)c(C#N)c34)c(F)c2n1)C(C)(C)C)c1ccc(-c2ccccc2Cl)cc1. The number of nitrogens with zero attached hydrogens (tertiary/aromatic N) is 6. The number of thiophene rings is 1. The molecule has 4 aliphatic heterocycles. The number of hydrogen-bond donors (Lipinski definition) is 5. The van der Waals surface area contributed by atoms with Crippen LogP contribution in [0.4, 0.5) is 32.8 Å². The Bertz CT molecular complexity index is 3460. The van der Waals surface area contributed by atoms with Crippen molar-refractivity contribution in [3.63, 3.8) is 0 Å². The molecule has 4 aliphatic rings. The minimum Gasteiger partial charge on any atom is -0.462 e. The number of rotatable bonds is 18. The van der Waals surface area contributed by atoms with Crippen LogP contribution in [0.15, 0.2) is 66.7 Å². The molecule has 0 spiro atoms. The summed E-state index contributed by atoms with van der Waals surface area (Å²) in [5.41, 5.74) is 4.65. The first-order chi connectivity index (χ1) is 39.6. The van der Waals surface area contributed by atoms with Crippen molar-refractivity contribution in [3.8, 4) is 34.3 Å². The minimum atomic E-state index is -5.10. The highest BCUT2D eigenvalue weighted by Crippen LogP contribution is 2.48. The summed E-state index contributed by atoms with van der Waals surface area (Å²) >= 11 is 7.10. The lowest BCUT2D eigenvalue weighted by atomic mass is 9.85. The molecule has 4 saturated heterocycles. The summed E-state index contributed by atoms with van der Waals surface area (Å²) in [5.74, 6) is -3.37. The van der Waals surface area contributed by atoms with Crippen molar-refractivity contribution in [2.45, 2.75) is 121 Å². The van der Waals surface area contributed by atoms with Crippen molar-refractivity contribution in [2.24, 2.45) is 5.41 Å². The number of nitrogens with two attached hydrogens (primary N) is 1. The highest BCUT2D eigenvalue weighted by molar-refractivity contribution is 7.23. The monoisotopic (exact) mass is 1180 g/mol. The minimum absolute atomic E-state index is 0.0419. The second-order valence-corrected chi connectivity index (χ2v) is 24.5. The maximum absolute atomic E-state index is 17.4. The van der Waals surface area contributed by atoms with Crippen molar-refractivity contribution in [1.82, 2.24) is 35.7 Å². The van der Waals surface area contributed by atoms with E-state index in [0.717, 1.165) is 67.1 Å². The Hall–Kier alpha value is -6.74. The molecular weight excluding hydrogens is 1120 g/mol. The third-order valence-corrected chi connectivity index (χ3v) is 17.6. The van der Waals surface area contributed by atoms with Crippen LogP contribution in [0.2, 0.25) is 5.02 Å². The molecule has 23 heteroatoms. The molecule has 440 valence electrons. The summed E-state index contributed by atoms with van der Waals surface area (Å²) in [7, 11) is 0. The molecular formula is C60H66ClF5N10O6S. The average molecular weight is 1190 g/mol. The van der Waals surface area contributed by atoms with Gasteiger partial charge in [0.25, 0.3) is 0 Å². The first kappa shape index (κ1) is 59.4. The molecule has 2 unspecified atom stereocenters. The van der Waals surface area contributed by atoms with Gasteiger partial charge in [-0.25, -0.2) is 8.78 Å². The molecule has 16 nitrogen and oxygen atoms in total. The number of amides is 3. The number of likely N-dealkylation sites (tertiary alicyclic amines) is 2. The van der Waals surface area contributed by atoms with Crippen molar-refractivity contribution in [3.05, 3.63) is 100 Å². The van der Waals surface area contributed by atoms with Crippen LogP contribution in [0.25, 0.3) is 43.2 Å². The normalized spacial score (nSPS) is 20.9. The van der Waals surface area contributed by atoms with Gasteiger partial charge >= 0.3 is 12.2 Å². The van der Waals surface area contributed by atoms with Crippen molar-refractivity contribution in [2.75, 3.05) is 63.2 Å². The quantitative estimate of drug-likeness (QED) is 0.0402. The van der Waals surface area contributed by atoms with E-state index in [4.69, 9.17) is 26.8 Å². The van der Waals surface area contributed by atoms with Crippen molar-refractivity contribution < 1.29 is 50.9 Å². The Labute approximate surface area is 486 Å². The van der Waals surface area contributed by atoms with E-state index in [1.807, 2.05) is 87.2 Å². The number of aliphatic hydroxyl groups is 1. The van der Waals surface area contributed by atoms with Gasteiger partial charge in [0.2, 0.25) is 17.7 Å². The van der Waals surface area contributed by atoms with Crippen molar-refractivity contribution >= 4 is 72.5 Å². The molecule has 10 rings (SSSR count). The molecule has 2 aromatic heterocycles. The van der Waals surface area contributed by atoms with Crippen LogP contribution in [0.1, 0.15) is 95.4 Å². The van der Waals surface area contributed by atoms with E-state index in [1.165, 1.54) is 4.90 Å². The van der Waals surface area contributed by atoms with Gasteiger partial charge in [-0.05, 0) is 85.9 Å². The first-order valence-corrected chi connectivity index (χ1v) is 29.2. The number of benzene rings is 4. The zero-order valence-corrected chi connectivity index (χ0v) is 48.0. The molecule has 6 heterocycles. The number of fused-ring (bicyclic) bond motifs is 4. The van der Waals surface area contributed by atoms with Crippen LogP contribution >= 0.6 is 22.9 Å². The molecule has 7 atom stereocenters. The highest BCUT2D eigenvalue weighted by Gasteiger charge is 2.45. The van der Waals surface area contributed by atoms with E-state index in [-0.39, 0.29) is 94.2 Å². The fourth-order valence-corrected chi connectivity index (χ4v) is 13.2. The number of ether oxygens (including phenoxy) is 2. The maximum Gasteiger partial charge on any atom is 0.417 e. The number of nitrogens with one attached hydrogen (secondary N) is 3. The van der Waals surface area contributed by atoms with Gasteiger partial charge in [-0.1, -0.05) is 80.9 Å². The number of halogens is 6. The Balaban J connectivity index is 0.755. The van der Waals surface area contributed by atoms with Gasteiger partial charge in [0.15, 0.2) is 5.82 Å². The first-order valence-electron chi connectivity index (χ1n) is 28.0. The summed E-state index contributed by atoms with van der Waals surface area (Å²) < 4.78 is 90.2. The molecule has 4 aromatic carbocycles. The zero-order chi connectivity index (χ0) is 59.1. The molecule has 83 heavy (non-hydrogen) atoms. The Morgan fingerprint density at radius 1 is 0.976 bits per heavy atom. The predicted molar refractivity (Wildman–Crippen MR) is 308 cm³/mol. The number of nitrogen functional groups attached to an aromatic ring is 1. The predicted octanol–water partition coefficient (Wildman–Crippen LogP) is 9.53. The van der Waals surface area contributed by atoms with Crippen LogP contribution in [0.5, 0.6) is 6.01 Å². The number of carbonyl (C=O) groups is 3. The highest BCUT2D eigenvalue weighted by atomic mass is 35.5. The Morgan fingerprint density at radius 3 is 2.41 bits per heavy atom. The average Bonchev–Trinajstić information content (AvgIpc) is 2.68. The van der Waals surface area contributed by atoms with E-state index >= 15 is 22.0 Å². The van der Waals surface area contributed by atoms with Crippen LogP contribution in [-0.2, 0) is 25.3 Å². The largest absolute Gasteiger partial charge is 0.462 e. The summed E-state index contributed by atoms with van der Waals surface area (Å²) in [6.45, 7) is 9.83. The number of aliphatic hydroxyl groups excluding tert-OH is 1. The molecule has 2 bridgehead atoms. The van der Waals surface area contributed by atoms with Gasteiger partial charge in [-0.15, -0.1) is 11.3 Å². The lowest BCUT2D eigenvalue weighted by molar-refractivity contribution is -0.144. The fraction of sp³-hybridized carbons (Fsp3) is 0.467. The van der Waals surface area contributed by atoms with Gasteiger partial charge in [-0.2, -0.15) is 28.4 Å². The number of alkyl halides is 3. The Kier molecular flexibility index (Phi) is 17.5. The number of nitriles is 1. The van der Waals surface area contributed by atoms with Crippen LogP contribution in [-0.4, -0.2) is 131 Å². The molecule has 0 aliphatic carbocycles. The van der Waals surface area contributed by atoms with E-state index in [2.05, 4.69) is 30.8 Å². The molecule has 6 aromatic rings. The fourth-order valence-electron chi connectivity index (χ4n) is 12.0.